The topological polar surface area (TPSA) is 255 Å². The molecule has 3 N–H and O–H groups in total. The van der Waals surface area contributed by atoms with E-state index in [1.54, 1.807) is 25.7 Å². The summed E-state index contributed by atoms with van der Waals surface area (Å²) in [5.41, 5.74) is 3.37. The Labute approximate surface area is 442 Å². The minimum atomic E-state index is -0.696. The Morgan fingerprint density at radius 2 is 0.720 bits per heavy atom. The fraction of sp³-hybridized carbons (Fsp3) is 0.686. The summed E-state index contributed by atoms with van der Waals surface area (Å²) in [6, 6.07) is 18.9. The third kappa shape index (κ3) is 44.1. The fourth-order valence-corrected chi connectivity index (χ4v) is 5.65. The van der Waals surface area contributed by atoms with Gasteiger partial charge in [0.15, 0.2) is 0 Å². The summed E-state index contributed by atoms with van der Waals surface area (Å²) in [7, 11) is 0. The number of hydrogen-bond donors (Lipinski definition) is 3. The van der Waals surface area contributed by atoms with E-state index in [1.807, 2.05) is 60.7 Å². The van der Waals surface area contributed by atoms with Gasteiger partial charge in [-0.2, -0.15) is 5.48 Å². The molecule has 0 fully saturated rings. The quantitative estimate of drug-likeness (QED) is 0.0488. The number of hydroxylamine groups is 1. The second kappa shape index (κ2) is 47.6. The van der Waals surface area contributed by atoms with Crippen LogP contribution >= 0.6 is 0 Å². The molecule has 0 saturated carbocycles. The third-order valence-corrected chi connectivity index (χ3v) is 9.28. The Morgan fingerprint density at radius 3 is 1.08 bits per heavy atom. The lowest BCUT2D eigenvalue weighted by Gasteiger charge is -2.23. The largest absolute Gasteiger partial charge is 0.445 e. The van der Waals surface area contributed by atoms with Gasteiger partial charge in [0, 0.05) is 26.2 Å². The van der Waals surface area contributed by atoms with E-state index in [4.69, 9.17) is 75.9 Å². The zero-order valence-electron chi connectivity index (χ0n) is 44.3. The second-order valence-electron chi connectivity index (χ2n) is 16.6. The summed E-state index contributed by atoms with van der Waals surface area (Å²) in [5, 5.41) is 5.28. The van der Waals surface area contributed by atoms with Crippen molar-refractivity contribution >= 4 is 24.2 Å². The molecule has 0 aliphatic rings. The first kappa shape index (κ1) is 66.3. The van der Waals surface area contributed by atoms with Crippen molar-refractivity contribution in [3.05, 3.63) is 71.8 Å². The standard InChI is InChI=1S/C51H84N4O20/c1-51(2,3)75-50(59)54-74-41-40-70-38-39-71-44-47(56)55(16-20-62-24-28-66-32-36-68-34-30-64-26-22-60-18-14-52-48(57)72-42-45-10-6-4-7-11-45)17-21-63-25-29-67-33-37-69-35-31-65-27-23-61-19-15-53-49(58)73-43-46-12-8-5-9-13-46/h4-13H,14-44H2,1-3H3,(H,52,57)(H,53,58)(H,54,59). The predicted molar refractivity (Wildman–Crippen MR) is 271 cm³/mol. The molecule has 24 nitrogen and oxygen atoms in total. The summed E-state index contributed by atoms with van der Waals surface area (Å²) in [4.78, 5) is 54.9. The molecule has 24 heteroatoms. The highest BCUT2D eigenvalue weighted by Gasteiger charge is 2.16. The first-order valence-electron chi connectivity index (χ1n) is 25.3. The first-order valence-corrected chi connectivity index (χ1v) is 25.3. The average Bonchev–Trinajstić information content (AvgIpc) is 3.40. The van der Waals surface area contributed by atoms with Crippen molar-refractivity contribution in [2.75, 3.05) is 191 Å². The van der Waals surface area contributed by atoms with Gasteiger partial charge in [-0.25, -0.2) is 14.4 Å². The molecule has 75 heavy (non-hydrogen) atoms. The minimum Gasteiger partial charge on any atom is -0.445 e. The van der Waals surface area contributed by atoms with E-state index in [0.29, 0.717) is 145 Å². The molecule has 0 aromatic heterocycles. The van der Waals surface area contributed by atoms with Crippen molar-refractivity contribution < 1.29 is 95.1 Å². The van der Waals surface area contributed by atoms with Crippen molar-refractivity contribution in [1.29, 1.82) is 0 Å². The van der Waals surface area contributed by atoms with Gasteiger partial charge in [-0.15, -0.1) is 0 Å². The smallest absolute Gasteiger partial charge is 0.431 e. The molecule has 0 atom stereocenters. The Hall–Kier alpha value is -4.80. The summed E-state index contributed by atoms with van der Waals surface area (Å²) in [6.45, 7) is 14.8. The predicted octanol–water partition coefficient (Wildman–Crippen LogP) is 3.32. The number of rotatable bonds is 49. The van der Waals surface area contributed by atoms with E-state index in [9.17, 15) is 19.2 Å². The molecule has 0 aliphatic carbocycles. The maximum atomic E-state index is 13.1. The summed E-state index contributed by atoms with van der Waals surface area (Å²) < 4.78 is 82.0. The van der Waals surface area contributed by atoms with Crippen molar-refractivity contribution in [1.82, 2.24) is 21.0 Å². The van der Waals surface area contributed by atoms with E-state index in [1.165, 1.54) is 0 Å². The van der Waals surface area contributed by atoms with Crippen molar-refractivity contribution in [3.8, 4) is 0 Å². The highest BCUT2D eigenvalue weighted by atomic mass is 16.7. The van der Waals surface area contributed by atoms with E-state index in [2.05, 4.69) is 16.1 Å². The fourth-order valence-electron chi connectivity index (χ4n) is 5.65. The molecule has 0 heterocycles. The molecule has 0 radical (unpaired) electrons. The molecule has 2 aromatic carbocycles. The number of amides is 4. The third-order valence-electron chi connectivity index (χ3n) is 9.28. The average molecular weight is 1070 g/mol. The van der Waals surface area contributed by atoms with Gasteiger partial charge in [0.05, 0.1) is 159 Å². The highest BCUT2D eigenvalue weighted by molar-refractivity contribution is 5.77. The number of hydrogen-bond acceptors (Lipinski definition) is 20. The van der Waals surface area contributed by atoms with Crippen LogP contribution in [0.1, 0.15) is 31.9 Å². The van der Waals surface area contributed by atoms with E-state index >= 15 is 0 Å². The van der Waals surface area contributed by atoms with Gasteiger partial charge in [0.25, 0.3) is 0 Å². The number of alkyl carbamates (subject to hydrolysis) is 2. The molecule has 0 aliphatic heterocycles. The monoisotopic (exact) mass is 1070 g/mol. The van der Waals surface area contributed by atoms with Crippen LogP contribution in [0.15, 0.2) is 60.7 Å². The molecule has 0 bridgehead atoms. The summed E-state index contributed by atoms with van der Waals surface area (Å²) in [6.07, 6.45) is -1.69. The number of ether oxygens (including phenoxy) is 15. The molecular weight excluding hydrogens is 989 g/mol. The Balaban J connectivity index is 1.46. The minimum absolute atomic E-state index is 0.100. The Morgan fingerprint density at radius 1 is 0.400 bits per heavy atom. The van der Waals surface area contributed by atoms with Crippen LogP contribution in [0.5, 0.6) is 0 Å². The van der Waals surface area contributed by atoms with Crippen LogP contribution in [0.3, 0.4) is 0 Å². The van der Waals surface area contributed by atoms with Crippen LogP contribution in [0, 0.1) is 0 Å². The van der Waals surface area contributed by atoms with Crippen LogP contribution in [-0.2, 0) is 93.9 Å². The van der Waals surface area contributed by atoms with Crippen LogP contribution in [0.25, 0.3) is 0 Å². The van der Waals surface area contributed by atoms with Crippen molar-refractivity contribution in [2.24, 2.45) is 0 Å². The number of nitrogens with one attached hydrogen (secondary N) is 3. The highest BCUT2D eigenvalue weighted by Crippen LogP contribution is 2.06. The lowest BCUT2D eigenvalue weighted by atomic mass is 10.2. The molecule has 4 amide bonds. The van der Waals surface area contributed by atoms with Crippen LogP contribution < -0.4 is 16.1 Å². The van der Waals surface area contributed by atoms with Crippen molar-refractivity contribution in [2.45, 2.75) is 39.6 Å². The van der Waals surface area contributed by atoms with E-state index in [-0.39, 0.29) is 65.4 Å². The zero-order chi connectivity index (χ0) is 54.0. The second-order valence-corrected chi connectivity index (χ2v) is 16.6. The lowest BCUT2D eigenvalue weighted by molar-refractivity contribution is -0.138. The molecule has 2 aromatic rings. The van der Waals surface area contributed by atoms with Gasteiger partial charge in [-0.05, 0) is 31.9 Å². The van der Waals surface area contributed by atoms with Gasteiger partial charge >= 0.3 is 18.3 Å². The van der Waals surface area contributed by atoms with Gasteiger partial charge in [0.2, 0.25) is 5.91 Å². The van der Waals surface area contributed by atoms with Gasteiger partial charge < -0.3 is 86.6 Å². The number of carbonyl (C=O) groups is 4. The molecule has 0 saturated heterocycles. The summed E-state index contributed by atoms with van der Waals surface area (Å²) in [5.74, 6) is -0.237. The normalized spacial score (nSPS) is 11.3. The van der Waals surface area contributed by atoms with Gasteiger partial charge in [0.1, 0.15) is 25.4 Å². The lowest BCUT2D eigenvalue weighted by Crippen LogP contribution is -2.39. The van der Waals surface area contributed by atoms with E-state index in [0.717, 1.165) is 11.1 Å². The van der Waals surface area contributed by atoms with Crippen LogP contribution in [-0.4, -0.2) is 226 Å². The van der Waals surface area contributed by atoms with Crippen LogP contribution in [0.2, 0.25) is 0 Å². The number of nitrogens with zero attached hydrogens (tertiary/aromatic N) is 1. The molecule has 0 spiro atoms. The molecule has 0 unspecified atom stereocenters. The van der Waals surface area contributed by atoms with E-state index < -0.39 is 23.9 Å². The maximum absolute atomic E-state index is 13.1. The molecule has 428 valence electrons. The first-order chi connectivity index (χ1) is 36.6. The van der Waals surface area contributed by atoms with Crippen LogP contribution in [0.4, 0.5) is 14.4 Å². The van der Waals surface area contributed by atoms with Gasteiger partial charge in [-0.1, -0.05) is 60.7 Å². The Kier molecular flexibility index (Phi) is 42.1. The maximum Gasteiger partial charge on any atom is 0.431 e. The molecule has 2 rings (SSSR count). The number of carbonyl (C=O) groups excluding carboxylic acids is 4. The Bertz CT molecular complexity index is 1580. The van der Waals surface area contributed by atoms with Gasteiger partial charge in [-0.3, -0.25) is 9.63 Å². The summed E-state index contributed by atoms with van der Waals surface area (Å²) >= 11 is 0. The molecular formula is C51H84N4O20. The SMILES string of the molecule is CC(C)(C)OC(=O)NOCCOCCOCC(=O)N(CCOCCOCCOCCOCCOCCNC(=O)OCc1ccccc1)CCOCCOCCOCCOCCOCCNC(=O)OCc1ccccc1. The van der Waals surface area contributed by atoms with Crippen molar-refractivity contribution in [3.63, 3.8) is 0 Å². The number of benzene rings is 2. The zero-order valence-corrected chi connectivity index (χ0v) is 44.3.